The van der Waals surface area contributed by atoms with E-state index in [0.717, 1.165) is 12.1 Å². The maximum atomic E-state index is 12.1. The van der Waals surface area contributed by atoms with Gasteiger partial charge >= 0.3 is 18.2 Å². The van der Waals surface area contributed by atoms with Gasteiger partial charge in [-0.05, 0) is 29.2 Å². The van der Waals surface area contributed by atoms with Crippen LogP contribution in [0.15, 0.2) is 30.5 Å². The summed E-state index contributed by atoms with van der Waals surface area (Å²) in [6.07, 6.45) is -3.94. The summed E-state index contributed by atoms with van der Waals surface area (Å²) in [4.78, 5) is 13.8. The minimum Gasteiger partial charge on any atom is -0.468 e. The Kier molecular flexibility index (Phi) is 4.84. The summed E-state index contributed by atoms with van der Waals surface area (Å²) >= 11 is 0. The van der Waals surface area contributed by atoms with Gasteiger partial charge in [0.2, 0.25) is 0 Å². The molecule has 1 atom stereocenters. The molecule has 0 spiro atoms. The molecule has 140 valence electrons. The summed E-state index contributed by atoms with van der Waals surface area (Å²) in [7, 11) is 0. The van der Waals surface area contributed by atoms with Gasteiger partial charge in [0, 0.05) is 4.98 Å². The standard InChI is InChI=1S/C14H12F3N3O6/c15-14(16,17)26-10-3-1-9(2-4-10)24-8-25-11-5-19-6-12(20(21)22)18-13(19)23-7-11/h1-4,6,11H,5,7-8H2/t11-/m0/s1. The fraction of sp³-hybridized carbons (Fsp3) is 0.357. The first-order valence-corrected chi connectivity index (χ1v) is 7.25. The average Bonchev–Trinajstić information content (AvgIpc) is 2.99. The quantitative estimate of drug-likeness (QED) is 0.435. The van der Waals surface area contributed by atoms with E-state index in [1.165, 1.54) is 22.9 Å². The van der Waals surface area contributed by atoms with Crippen molar-refractivity contribution in [3.8, 4) is 17.5 Å². The monoisotopic (exact) mass is 375 g/mol. The van der Waals surface area contributed by atoms with Crippen molar-refractivity contribution in [3.05, 3.63) is 40.6 Å². The third-order valence-corrected chi connectivity index (χ3v) is 3.30. The first kappa shape index (κ1) is 17.8. The highest BCUT2D eigenvalue weighted by Crippen LogP contribution is 2.25. The molecule has 0 N–H and O–H groups in total. The molecule has 0 radical (unpaired) electrons. The van der Waals surface area contributed by atoms with Gasteiger partial charge in [-0.25, -0.2) is 0 Å². The number of halogens is 3. The molecule has 0 saturated heterocycles. The highest BCUT2D eigenvalue weighted by Gasteiger charge is 2.31. The zero-order chi connectivity index (χ0) is 18.7. The van der Waals surface area contributed by atoms with Gasteiger partial charge in [-0.3, -0.25) is 4.57 Å². The molecule has 0 bridgehead atoms. The minimum absolute atomic E-state index is 0.135. The summed E-state index contributed by atoms with van der Waals surface area (Å²) in [6, 6.07) is 4.98. The van der Waals surface area contributed by atoms with Crippen molar-refractivity contribution in [2.45, 2.75) is 19.0 Å². The summed E-state index contributed by atoms with van der Waals surface area (Å²) in [5.41, 5.74) is 0. The molecular formula is C14H12F3N3O6. The maximum absolute atomic E-state index is 12.1. The first-order valence-electron chi connectivity index (χ1n) is 7.25. The second-order valence-corrected chi connectivity index (χ2v) is 5.17. The Bertz CT molecular complexity index is 777. The van der Waals surface area contributed by atoms with Crippen molar-refractivity contribution in [1.82, 2.24) is 9.55 Å². The number of hydrogen-bond donors (Lipinski definition) is 0. The van der Waals surface area contributed by atoms with Crippen LogP contribution in [0.1, 0.15) is 0 Å². The predicted molar refractivity (Wildman–Crippen MR) is 77.9 cm³/mol. The number of ether oxygens (including phenoxy) is 4. The zero-order valence-corrected chi connectivity index (χ0v) is 13.0. The Morgan fingerprint density at radius 3 is 2.65 bits per heavy atom. The lowest BCUT2D eigenvalue weighted by Gasteiger charge is -2.22. The van der Waals surface area contributed by atoms with Gasteiger partial charge < -0.3 is 29.1 Å². The van der Waals surface area contributed by atoms with Gasteiger partial charge in [0.1, 0.15) is 30.4 Å². The van der Waals surface area contributed by atoms with Crippen LogP contribution in [0, 0.1) is 10.1 Å². The van der Waals surface area contributed by atoms with E-state index in [2.05, 4.69) is 9.72 Å². The van der Waals surface area contributed by atoms with Crippen LogP contribution < -0.4 is 14.2 Å². The molecule has 9 nitrogen and oxygen atoms in total. The number of fused-ring (bicyclic) bond motifs is 1. The van der Waals surface area contributed by atoms with Crippen LogP contribution in [0.3, 0.4) is 0 Å². The van der Waals surface area contributed by atoms with Crippen molar-refractivity contribution in [2.75, 3.05) is 13.4 Å². The summed E-state index contributed by atoms with van der Waals surface area (Å²) in [6.45, 7) is 0.243. The van der Waals surface area contributed by atoms with Crippen LogP contribution >= 0.6 is 0 Å². The number of rotatable bonds is 6. The van der Waals surface area contributed by atoms with Crippen molar-refractivity contribution in [2.24, 2.45) is 0 Å². The summed E-state index contributed by atoms with van der Waals surface area (Å²) in [5, 5.41) is 10.7. The molecular weight excluding hydrogens is 363 g/mol. The molecule has 0 amide bonds. The molecule has 1 aliphatic rings. The molecule has 2 aromatic rings. The topological polar surface area (TPSA) is 97.9 Å². The van der Waals surface area contributed by atoms with Crippen LogP contribution in [0.25, 0.3) is 0 Å². The van der Waals surface area contributed by atoms with Gasteiger partial charge in [0.15, 0.2) is 6.79 Å². The highest BCUT2D eigenvalue weighted by molar-refractivity contribution is 5.31. The smallest absolute Gasteiger partial charge is 0.468 e. The van der Waals surface area contributed by atoms with Crippen LogP contribution in [-0.4, -0.2) is 40.3 Å². The van der Waals surface area contributed by atoms with Crippen LogP contribution in [0.2, 0.25) is 0 Å². The van der Waals surface area contributed by atoms with E-state index in [1.54, 1.807) is 0 Å². The molecule has 3 rings (SSSR count). The Balaban J connectivity index is 1.47. The van der Waals surface area contributed by atoms with Gasteiger partial charge in [-0.1, -0.05) is 0 Å². The van der Waals surface area contributed by atoms with E-state index in [9.17, 15) is 23.3 Å². The number of hydrogen-bond acceptors (Lipinski definition) is 7. The molecule has 1 aliphatic heterocycles. The third kappa shape index (κ3) is 4.53. The van der Waals surface area contributed by atoms with E-state index in [4.69, 9.17) is 14.2 Å². The van der Waals surface area contributed by atoms with E-state index >= 15 is 0 Å². The lowest BCUT2D eigenvalue weighted by atomic mass is 10.3. The molecule has 1 aromatic carbocycles. The largest absolute Gasteiger partial charge is 0.573 e. The molecule has 1 aromatic heterocycles. The van der Waals surface area contributed by atoms with Crippen LogP contribution in [0.4, 0.5) is 19.0 Å². The molecule has 26 heavy (non-hydrogen) atoms. The SMILES string of the molecule is O=[N+]([O-])c1cn2c(n1)OC[C@@H](OCOc1ccc(OC(F)(F)F)cc1)C2. The third-order valence-electron chi connectivity index (χ3n) is 3.30. The lowest BCUT2D eigenvalue weighted by molar-refractivity contribution is -0.389. The lowest BCUT2D eigenvalue weighted by Crippen LogP contribution is -2.33. The van der Waals surface area contributed by atoms with Crippen LogP contribution in [-0.2, 0) is 11.3 Å². The Labute approximate surface area is 144 Å². The summed E-state index contributed by atoms with van der Waals surface area (Å²) in [5.74, 6) is -0.394. The van der Waals surface area contributed by atoms with Crippen molar-refractivity contribution in [3.63, 3.8) is 0 Å². The predicted octanol–water partition coefficient (Wildman–Crippen LogP) is 2.50. The van der Waals surface area contributed by atoms with Gasteiger partial charge in [-0.2, -0.15) is 0 Å². The average molecular weight is 375 g/mol. The Hall–Kier alpha value is -3.02. The molecule has 12 heteroatoms. The zero-order valence-electron chi connectivity index (χ0n) is 13.0. The van der Waals surface area contributed by atoms with E-state index in [-0.39, 0.29) is 43.3 Å². The van der Waals surface area contributed by atoms with Gasteiger partial charge in [0.25, 0.3) is 0 Å². The van der Waals surface area contributed by atoms with Crippen LogP contribution in [0.5, 0.6) is 17.5 Å². The molecule has 2 heterocycles. The van der Waals surface area contributed by atoms with Gasteiger partial charge in [-0.15, -0.1) is 13.2 Å². The van der Waals surface area contributed by atoms with E-state index < -0.39 is 17.4 Å². The number of aromatic nitrogens is 2. The van der Waals surface area contributed by atoms with Crippen molar-refractivity contribution < 1.29 is 37.0 Å². The molecule has 0 unspecified atom stereocenters. The number of imidazole rings is 1. The van der Waals surface area contributed by atoms with E-state index in [1.807, 2.05) is 0 Å². The fourth-order valence-electron chi connectivity index (χ4n) is 2.20. The second kappa shape index (κ2) is 7.07. The number of nitrogens with zero attached hydrogens (tertiary/aromatic N) is 3. The van der Waals surface area contributed by atoms with Crippen molar-refractivity contribution in [1.29, 1.82) is 0 Å². The maximum Gasteiger partial charge on any atom is 0.573 e. The van der Waals surface area contributed by atoms with Crippen molar-refractivity contribution >= 4 is 5.82 Å². The molecule has 0 saturated carbocycles. The van der Waals surface area contributed by atoms with Gasteiger partial charge in [0.05, 0.1) is 6.54 Å². The first-order chi connectivity index (χ1) is 12.3. The number of benzene rings is 1. The summed E-state index contributed by atoms with van der Waals surface area (Å²) < 4.78 is 57.4. The fourth-order valence-corrected chi connectivity index (χ4v) is 2.20. The normalized spacial score (nSPS) is 16.5. The van der Waals surface area contributed by atoms with E-state index in [0.29, 0.717) is 0 Å². The Morgan fingerprint density at radius 2 is 2.00 bits per heavy atom. The molecule has 0 fully saturated rings. The number of nitro groups is 1. The minimum atomic E-state index is -4.76. The second-order valence-electron chi connectivity index (χ2n) is 5.17. The highest BCUT2D eigenvalue weighted by atomic mass is 19.4. The Morgan fingerprint density at radius 1 is 1.31 bits per heavy atom. The molecule has 0 aliphatic carbocycles. The number of alkyl halides is 3.